The van der Waals surface area contributed by atoms with Crippen LogP contribution in [0.3, 0.4) is 0 Å². The molecular weight excluding hydrogens is 371 g/mol. The Bertz CT molecular complexity index is 938. The molecule has 2 aromatic carbocycles. The lowest BCUT2D eigenvalue weighted by Gasteiger charge is -2.03. The number of hydrogen-bond acceptors (Lipinski definition) is 5. The van der Waals surface area contributed by atoms with Crippen LogP contribution in [0.4, 0.5) is 5.13 Å². The van der Waals surface area contributed by atoms with E-state index in [1.807, 2.05) is 0 Å². The number of rotatable bonds is 3. The quantitative estimate of drug-likeness (QED) is 0.671. The van der Waals surface area contributed by atoms with E-state index in [-0.39, 0.29) is 5.91 Å². The predicted molar refractivity (Wildman–Crippen MR) is 95.4 cm³/mol. The Labute approximate surface area is 151 Å². The number of esters is 1. The second-order valence-corrected chi connectivity index (χ2v) is 6.57. The lowest BCUT2D eigenvalue weighted by Crippen LogP contribution is -2.12. The van der Waals surface area contributed by atoms with Crippen LogP contribution in [0.15, 0.2) is 36.4 Å². The predicted octanol–water partition coefficient (Wildman–Crippen LogP) is 4.64. The maximum atomic E-state index is 12.3. The molecule has 3 rings (SSSR count). The van der Waals surface area contributed by atoms with Crippen LogP contribution in [0.1, 0.15) is 20.7 Å². The lowest BCUT2D eigenvalue weighted by atomic mass is 10.1. The van der Waals surface area contributed by atoms with E-state index in [2.05, 4.69) is 15.0 Å². The first-order valence-corrected chi connectivity index (χ1v) is 8.31. The van der Waals surface area contributed by atoms with Gasteiger partial charge < -0.3 is 4.74 Å². The number of thiazole rings is 1. The Morgan fingerprint density at radius 2 is 1.75 bits per heavy atom. The standard InChI is InChI=1S/C16H10Cl2N2O3S/c1-23-15(22)9-4-2-8(3-5-9)14(21)20-16-19-13-11(24-16)7-6-10(17)12(13)18/h2-7H,1H3,(H,19,20,21). The molecule has 0 radical (unpaired) electrons. The van der Waals surface area contributed by atoms with Crippen molar-refractivity contribution in [3.05, 3.63) is 57.6 Å². The number of carbonyl (C=O) groups excluding carboxylic acids is 2. The van der Waals surface area contributed by atoms with E-state index < -0.39 is 5.97 Å². The molecule has 0 aliphatic rings. The van der Waals surface area contributed by atoms with Crippen molar-refractivity contribution in [3.63, 3.8) is 0 Å². The second-order valence-electron chi connectivity index (χ2n) is 4.75. The number of hydrogen-bond donors (Lipinski definition) is 1. The fourth-order valence-electron chi connectivity index (χ4n) is 2.04. The highest BCUT2D eigenvalue weighted by Gasteiger charge is 2.14. The van der Waals surface area contributed by atoms with Crippen molar-refractivity contribution in [3.8, 4) is 0 Å². The Morgan fingerprint density at radius 3 is 2.42 bits per heavy atom. The number of anilines is 1. The first-order valence-electron chi connectivity index (χ1n) is 6.74. The number of aromatic nitrogens is 1. The van der Waals surface area contributed by atoms with Crippen molar-refractivity contribution in [2.24, 2.45) is 0 Å². The van der Waals surface area contributed by atoms with Gasteiger partial charge in [-0.3, -0.25) is 10.1 Å². The van der Waals surface area contributed by atoms with E-state index in [1.54, 1.807) is 24.3 Å². The van der Waals surface area contributed by atoms with Crippen LogP contribution in [-0.2, 0) is 4.74 Å². The molecule has 1 N–H and O–H groups in total. The summed E-state index contributed by atoms with van der Waals surface area (Å²) in [5, 5.41) is 3.88. The highest BCUT2D eigenvalue weighted by molar-refractivity contribution is 7.22. The van der Waals surface area contributed by atoms with Gasteiger partial charge in [0.25, 0.3) is 5.91 Å². The molecule has 0 aliphatic heterocycles. The largest absolute Gasteiger partial charge is 0.465 e. The molecule has 0 saturated carbocycles. The Kier molecular flexibility index (Phi) is 4.71. The van der Waals surface area contributed by atoms with Crippen molar-refractivity contribution in [2.75, 3.05) is 12.4 Å². The second kappa shape index (κ2) is 6.76. The normalized spacial score (nSPS) is 10.6. The number of nitrogens with one attached hydrogen (secondary N) is 1. The van der Waals surface area contributed by atoms with Crippen LogP contribution >= 0.6 is 34.5 Å². The third-order valence-electron chi connectivity index (χ3n) is 3.24. The van der Waals surface area contributed by atoms with Gasteiger partial charge >= 0.3 is 5.97 Å². The molecule has 1 heterocycles. The molecule has 1 aromatic heterocycles. The molecule has 0 aliphatic carbocycles. The van der Waals surface area contributed by atoms with Gasteiger partial charge in [-0.15, -0.1) is 0 Å². The summed E-state index contributed by atoms with van der Waals surface area (Å²) in [5.41, 5.74) is 1.31. The van der Waals surface area contributed by atoms with Crippen LogP contribution in [0, 0.1) is 0 Å². The smallest absolute Gasteiger partial charge is 0.337 e. The summed E-state index contributed by atoms with van der Waals surface area (Å²) in [5.74, 6) is -0.799. The summed E-state index contributed by atoms with van der Waals surface area (Å²) in [6.45, 7) is 0. The zero-order valence-electron chi connectivity index (χ0n) is 12.3. The number of halogens is 2. The van der Waals surface area contributed by atoms with Crippen LogP contribution < -0.4 is 5.32 Å². The van der Waals surface area contributed by atoms with Crippen molar-refractivity contribution < 1.29 is 14.3 Å². The van der Waals surface area contributed by atoms with Gasteiger partial charge in [0, 0.05) is 5.56 Å². The van der Waals surface area contributed by atoms with Crippen molar-refractivity contribution >= 4 is 61.8 Å². The topological polar surface area (TPSA) is 68.3 Å². The summed E-state index contributed by atoms with van der Waals surface area (Å²) in [7, 11) is 1.30. The van der Waals surface area contributed by atoms with Crippen LogP contribution in [-0.4, -0.2) is 24.0 Å². The fraction of sp³-hybridized carbons (Fsp3) is 0.0625. The van der Waals surface area contributed by atoms with Crippen molar-refractivity contribution in [2.45, 2.75) is 0 Å². The molecule has 122 valence electrons. The van der Waals surface area contributed by atoms with E-state index in [4.69, 9.17) is 23.2 Å². The first kappa shape index (κ1) is 16.7. The summed E-state index contributed by atoms with van der Waals surface area (Å²) in [6, 6.07) is 9.60. The monoisotopic (exact) mass is 380 g/mol. The lowest BCUT2D eigenvalue weighted by molar-refractivity contribution is 0.0600. The van der Waals surface area contributed by atoms with Gasteiger partial charge in [-0.05, 0) is 36.4 Å². The van der Waals surface area contributed by atoms with Gasteiger partial charge in [0.2, 0.25) is 0 Å². The number of benzene rings is 2. The Morgan fingerprint density at radius 1 is 1.08 bits per heavy atom. The molecule has 0 bridgehead atoms. The van der Waals surface area contributed by atoms with Crippen molar-refractivity contribution in [1.29, 1.82) is 0 Å². The Balaban J connectivity index is 1.82. The molecule has 8 heteroatoms. The number of nitrogens with zero attached hydrogens (tertiary/aromatic N) is 1. The molecule has 24 heavy (non-hydrogen) atoms. The first-order chi connectivity index (χ1) is 11.5. The number of fused-ring (bicyclic) bond motifs is 1. The van der Waals surface area contributed by atoms with Gasteiger partial charge in [-0.1, -0.05) is 34.5 Å². The van der Waals surface area contributed by atoms with Gasteiger partial charge in [0.1, 0.15) is 5.52 Å². The number of carbonyl (C=O) groups is 2. The summed E-state index contributed by atoms with van der Waals surface area (Å²) in [6.07, 6.45) is 0. The summed E-state index contributed by atoms with van der Waals surface area (Å²) < 4.78 is 5.44. The fourth-order valence-corrected chi connectivity index (χ4v) is 3.32. The molecule has 0 unspecified atom stereocenters. The summed E-state index contributed by atoms with van der Waals surface area (Å²) >= 11 is 13.4. The average Bonchev–Trinajstić information content (AvgIpc) is 3.01. The maximum Gasteiger partial charge on any atom is 0.337 e. The number of methoxy groups -OCH3 is 1. The molecule has 0 spiro atoms. The Hall–Kier alpha value is -2.15. The van der Waals surface area contributed by atoms with Crippen LogP contribution in [0.25, 0.3) is 10.2 Å². The molecular formula is C16H10Cl2N2O3S. The maximum absolute atomic E-state index is 12.3. The molecule has 5 nitrogen and oxygen atoms in total. The minimum absolute atomic E-state index is 0.340. The van der Waals surface area contributed by atoms with Crippen LogP contribution in [0.2, 0.25) is 10.0 Å². The summed E-state index contributed by atoms with van der Waals surface area (Å²) in [4.78, 5) is 28.0. The third kappa shape index (κ3) is 3.21. The van der Waals surface area contributed by atoms with Gasteiger partial charge in [0.15, 0.2) is 5.13 Å². The average molecular weight is 381 g/mol. The molecule has 0 saturated heterocycles. The molecule has 0 fully saturated rings. The minimum atomic E-state index is -0.459. The van der Waals surface area contributed by atoms with Crippen molar-refractivity contribution in [1.82, 2.24) is 4.98 Å². The molecule has 3 aromatic rings. The van der Waals surface area contributed by atoms with E-state index in [1.165, 1.54) is 30.6 Å². The van der Waals surface area contributed by atoms with Crippen LogP contribution in [0.5, 0.6) is 0 Å². The SMILES string of the molecule is COC(=O)c1ccc(C(=O)Nc2nc3c(Cl)c(Cl)ccc3s2)cc1. The van der Waals surface area contributed by atoms with Gasteiger partial charge in [-0.2, -0.15) is 0 Å². The van der Waals surface area contributed by atoms with Gasteiger partial charge in [0.05, 0.1) is 27.4 Å². The highest BCUT2D eigenvalue weighted by atomic mass is 35.5. The van der Waals surface area contributed by atoms with E-state index in [9.17, 15) is 9.59 Å². The molecule has 1 amide bonds. The van der Waals surface area contributed by atoms with Gasteiger partial charge in [-0.25, -0.2) is 9.78 Å². The van der Waals surface area contributed by atoms with E-state index in [0.29, 0.717) is 31.8 Å². The zero-order valence-corrected chi connectivity index (χ0v) is 14.6. The van der Waals surface area contributed by atoms with E-state index in [0.717, 1.165) is 4.70 Å². The third-order valence-corrected chi connectivity index (χ3v) is 4.97. The highest BCUT2D eigenvalue weighted by Crippen LogP contribution is 2.35. The minimum Gasteiger partial charge on any atom is -0.465 e. The number of amides is 1. The number of ether oxygens (including phenoxy) is 1. The van der Waals surface area contributed by atoms with E-state index >= 15 is 0 Å². The molecule has 0 atom stereocenters. The zero-order chi connectivity index (χ0) is 17.3.